The van der Waals surface area contributed by atoms with E-state index in [1.165, 1.54) is 4.90 Å². The number of benzene rings is 2. The largest absolute Gasteiger partial charge is 0.444 e. The van der Waals surface area contributed by atoms with E-state index in [2.05, 4.69) is 49.8 Å². The second-order valence-electron chi connectivity index (χ2n) is 19.3. The van der Waals surface area contributed by atoms with Gasteiger partial charge in [-0.25, -0.2) is 4.79 Å². The van der Waals surface area contributed by atoms with Crippen molar-refractivity contribution in [3.8, 4) is 0 Å². The van der Waals surface area contributed by atoms with Crippen molar-refractivity contribution in [3.63, 3.8) is 0 Å². The molecule has 2 aromatic carbocycles. The Labute approximate surface area is 362 Å². The van der Waals surface area contributed by atoms with Crippen molar-refractivity contribution in [1.29, 1.82) is 0 Å². The number of amides is 4. The smallest absolute Gasteiger partial charge is 0.407 e. The summed E-state index contributed by atoms with van der Waals surface area (Å²) >= 11 is 0. The van der Waals surface area contributed by atoms with Gasteiger partial charge in [0.25, 0.3) is 5.91 Å². The van der Waals surface area contributed by atoms with Crippen molar-refractivity contribution in [3.05, 3.63) is 71.3 Å². The number of carbonyl (C=O) groups is 4. The van der Waals surface area contributed by atoms with Gasteiger partial charge in [0, 0.05) is 58.4 Å². The number of hydrogen-bond donors (Lipinski definition) is 3. The molecule has 0 bridgehead atoms. The summed E-state index contributed by atoms with van der Waals surface area (Å²) in [5.74, 6) is -1.21. The number of hydrogen-bond acceptors (Lipinski definition) is 8. The molecule has 60 heavy (non-hydrogen) atoms. The molecule has 0 radical (unpaired) electrons. The Balaban J connectivity index is 2.08. The van der Waals surface area contributed by atoms with Gasteiger partial charge < -0.3 is 39.6 Å². The van der Waals surface area contributed by atoms with E-state index in [1.54, 1.807) is 33.3 Å². The third-order valence-electron chi connectivity index (χ3n) is 12.0. The van der Waals surface area contributed by atoms with Crippen LogP contribution in [0.25, 0.3) is 0 Å². The zero-order valence-electron chi connectivity index (χ0n) is 39.0. The number of carbonyl (C=O) groups excluding carboxylic acids is 4. The third kappa shape index (κ3) is 15.9. The highest BCUT2D eigenvalue weighted by Crippen LogP contribution is 2.39. The maximum absolute atomic E-state index is 15.0. The summed E-state index contributed by atoms with van der Waals surface area (Å²) in [5.41, 5.74) is 1.69. The summed E-state index contributed by atoms with van der Waals surface area (Å²) in [4.78, 5) is 59.2. The van der Waals surface area contributed by atoms with Crippen LogP contribution in [0.1, 0.15) is 103 Å². The Hall–Kier alpha value is -3.78. The fourth-order valence-corrected chi connectivity index (χ4v) is 8.53. The van der Waals surface area contributed by atoms with Gasteiger partial charge in [-0.15, -0.1) is 0 Å². The molecule has 2 aromatic rings. The van der Waals surface area contributed by atoms with Crippen LogP contribution in [-0.4, -0.2) is 119 Å². The summed E-state index contributed by atoms with van der Waals surface area (Å²) in [6, 6.07) is 16.3. The number of methoxy groups -OCH3 is 1. The normalized spacial score (nSPS) is 16.6. The highest BCUT2D eigenvalue weighted by molar-refractivity contribution is 6.74. The maximum atomic E-state index is 15.0. The lowest BCUT2D eigenvalue weighted by Gasteiger charge is -2.42. The minimum absolute atomic E-state index is 0.0686. The van der Waals surface area contributed by atoms with Crippen LogP contribution in [0.4, 0.5) is 4.79 Å². The summed E-state index contributed by atoms with van der Waals surface area (Å²) in [5, 5.41) is 9.78. The van der Waals surface area contributed by atoms with E-state index in [0.717, 1.165) is 30.5 Å². The first-order valence-corrected chi connectivity index (χ1v) is 24.8. The van der Waals surface area contributed by atoms with Gasteiger partial charge >= 0.3 is 6.09 Å². The fraction of sp³-hybridized carbons (Fsp3) is 0.660. The zero-order chi connectivity index (χ0) is 44.8. The van der Waals surface area contributed by atoms with Crippen molar-refractivity contribution >= 4 is 32.1 Å². The van der Waals surface area contributed by atoms with Gasteiger partial charge in [-0.3, -0.25) is 14.4 Å². The molecule has 5 atom stereocenters. The predicted molar refractivity (Wildman–Crippen MR) is 243 cm³/mol. The molecular weight excluding hydrogens is 775 g/mol. The van der Waals surface area contributed by atoms with Gasteiger partial charge in [0.1, 0.15) is 11.6 Å². The number of piperidine rings is 1. The van der Waals surface area contributed by atoms with E-state index in [0.29, 0.717) is 50.6 Å². The van der Waals surface area contributed by atoms with E-state index in [1.807, 2.05) is 82.0 Å². The first-order chi connectivity index (χ1) is 28.0. The summed E-state index contributed by atoms with van der Waals surface area (Å²) in [7, 11) is 2.60. The van der Waals surface area contributed by atoms with Crippen LogP contribution in [0.2, 0.25) is 18.1 Å². The van der Waals surface area contributed by atoms with Crippen molar-refractivity contribution in [1.82, 2.24) is 25.8 Å². The van der Waals surface area contributed by atoms with Crippen LogP contribution in [0.15, 0.2) is 54.6 Å². The summed E-state index contributed by atoms with van der Waals surface area (Å²) in [6.07, 6.45) is 2.21. The molecule has 0 aromatic heterocycles. The minimum Gasteiger partial charge on any atom is -0.444 e. The molecule has 1 aliphatic rings. The van der Waals surface area contributed by atoms with Crippen molar-refractivity contribution in [2.24, 2.45) is 11.8 Å². The Bertz CT molecular complexity index is 1650. The monoisotopic (exact) mass is 852 g/mol. The van der Waals surface area contributed by atoms with Crippen molar-refractivity contribution in [2.45, 2.75) is 142 Å². The van der Waals surface area contributed by atoms with Crippen LogP contribution in [-0.2, 0) is 36.3 Å². The number of nitrogens with one attached hydrogen (secondary N) is 3. The molecule has 13 heteroatoms. The lowest BCUT2D eigenvalue weighted by molar-refractivity contribution is -0.140. The molecule has 4 amide bonds. The van der Waals surface area contributed by atoms with Gasteiger partial charge in [0.05, 0.1) is 18.8 Å². The molecule has 1 heterocycles. The van der Waals surface area contributed by atoms with Crippen molar-refractivity contribution in [2.75, 3.05) is 47.4 Å². The van der Waals surface area contributed by atoms with E-state index >= 15 is 0 Å². The summed E-state index contributed by atoms with van der Waals surface area (Å²) < 4.78 is 18.3. The van der Waals surface area contributed by atoms with Crippen LogP contribution in [0.3, 0.4) is 0 Å². The van der Waals surface area contributed by atoms with Gasteiger partial charge in [-0.05, 0) is 100 Å². The van der Waals surface area contributed by atoms with E-state index in [-0.39, 0.29) is 35.1 Å². The number of ether oxygens (including phenoxy) is 2. The Kier molecular flexibility index (Phi) is 19.3. The van der Waals surface area contributed by atoms with Gasteiger partial charge in [0.2, 0.25) is 11.8 Å². The maximum Gasteiger partial charge on any atom is 0.407 e. The molecule has 12 nitrogen and oxygen atoms in total. The SMILES string of the molecule is CC[C@H](C)[C@H](NC(=O)[C@H](Cc1ccc(C(=O)N(C)C)cc1)C[C@H](O[Si](C)(C)C(C)(C)C)[C@H](Cc1ccccc1)NC(=O)OC(C)(C)C)C(=O)N1CCC(NCCOC)CC1. The molecule has 3 N–H and O–H groups in total. The van der Waals surface area contributed by atoms with Crippen molar-refractivity contribution < 1.29 is 33.1 Å². The van der Waals surface area contributed by atoms with Crippen LogP contribution < -0.4 is 16.0 Å². The molecule has 3 rings (SSSR count). The molecule has 0 saturated carbocycles. The Morgan fingerprint density at radius 2 is 1.48 bits per heavy atom. The fourth-order valence-electron chi connectivity index (χ4n) is 7.16. The number of nitrogens with zero attached hydrogens (tertiary/aromatic N) is 2. The minimum atomic E-state index is -2.52. The van der Waals surface area contributed by atoms with E-state index in [4.69, 9.17) is 13.9 Å². The second kappa shape index (κ2) is 22.9. The van der Waals surface area contributed by atoms with Gasteiger partial charge in [-0.2, -0.15) is 0 Å². The molecule has 1 fully saturated rings. The van der Waals surface area contributed by atoms with Crippen LogP contribution in [0, 0.1) is 11.8 Å². The molecule has 0 spiro atoms. The molecule has 336 valence electrons. The number of rotatable bonds is 20. The summed E-state index contributed by atoms with van der Waals surface area (Å²) in [6.45, 7) is 23.0. The van der Waals surface area contributed by atoms with Crippen LogP contribution in [0.5, 0.6) is 0 Å². The lowest BCUT2D eigenvalue weighted by atomic mass is 9.87. The quantitative estimate of drug-likeness (QED) is 0.0939. The topological polar surface area (TPSA) is 139 Å². The predicted octanol–water partition coefficient (Wildman–Crippen LogP) is 7.22. The van der Waals surface area contributed by atoms with E-state index < -0.39 is 44.1 Å². The number of alkyl carbamates (subject to hydrolysis) is 1. The molecule has 1 saturated heterocycles. The second-order valence-corrected chi connectivity index (χ2v) is 24.1. The Morgan fingerprint density at radius 3 is 2.02 bits per heavy atom. The zero-order valence-corrected chi connectivity index (χ0v) is 40.0. The molecule has 0 aliphatic carbocycles. The van der Waals surface area contributed by atoms with Crippen LogP contribution >= 0.6 is 0 Å². The molecule has 1 aliphatic heterocycles. The first-order valence-electron chi connectivity index (χ1n) is 21.9. The Morgan fingerprint density at radius 1 is 0.883 bits per heavy atom. The molecule has 0 unspecified atom stereocenters. The highest BCUT2D eigenvalue weighted by Gasteiger charge is 2.43. The average Bonchev–Trinajstić information content (AvgIpc) is 3.18. The number of likely N-dealkylation sites (tertiary alicyclic amines) is 1. The van der Waals surface area contributed by atoms with E-state index in [9.17, 15) is 19.2 Å². The highest BCUT2D eigenvalue weighted by atomic mass is 28.4. The van der Waals surface area contributed by atoms with Gasteiger partial charge in [-0.1, -0.05) is 83.5 Å². The van der Waals surface area contributed by atoms with Gasteiger partial charge in [0.15, 0.2) is 8.32 Å². The molecular formula is C47H77N5O7Si. The standard InChI is InChI=1S/C47H77N5O7Si/c1-14-33(2)41(44(55)52-27-24-38(25-28-52)48-26-29-57-11)50-42(53)37(30-35-20-22-36(23-21-35)43(54)51(9)10)32-40(59-60(12,13)47(6,7)8)39(31-34-18-16-15-17-19-34)49-45(56)58-46(3,4)5/h15-23,33,37-41,48H,14,24-32H2,1-13H3,(H,49,56)(H,50,53)/t33-,37+,39-,40-,41-/m0/s1. The third-order valence-corrected chi connectivity index (χ3v) is 16.5. The first kappa shape index (κ1) is 50.6. The lowest BCUT2D eigenvalue weighted by Crippen LogP contribution is -2.57. The average molecular weight is 852 g/mol.